The van der Waals surface area contributed by atoms with Crippen LogP contribution in [0.5, 0.6) is 5.75 Å². The van der Waals surface area contributed by atoms with Crippen LogP contribution in [0.4, 0.5) is 0 Å². The van der Waals surface area contributed by atoms with E-state index < -0.39 is 5.97 Å². The van der Waals surface area contributed by atoms with E-state index in [1.165, 1.54) is 4.68 Å². The minimum atomic E-state index is -1.15. The van der Waals surface area contributed by atoms with Crippen LogP contribution < -0.4 is 4.74 Å². The summed E-state index contributed by atoms with van der Waals surface area (Å²) in [6, 6.07) is 5.32. The highest BCUT2D eigenvalue weighted by Gasteiger charge is 2.14. The van der Waals surface area contributed by atoms with Crippen molar-refractivity contribution in [2.45, 2.75) is 6.92 Å². The lowest BCUT2D eigenvalue weighted by molar-refractivity contribution is 0.0683. The van der Waals surface area contributed by atoms with Crippen LogP contribution in [-0.4, -0.2) is 33.0 Å². The third-order valence-electron chi connectivity index (χ3n) is 2.34. The summed E-state index contributed by atoms with van der Waals surface area (Å²) in [5, 5.41) is 12.8. The zero-order valence-corrected chi connectivity index (χ0v) is 11.3. The molecule has 2 aromatic rings. The van der Waals surface area contributed by atoms with Crippen LogP contribution >= 0.6 is 15.9 Å². The average Bonchev–Trinajstić information content (AvgIpc) is 2.71. The van der Waals surface area contributed by atoms with Crippen molar-refractivity contribution in [3.63, 3.8) is 0 Å². The fraction of sp³-hybridized carbons (Fsp3) is 0.182. The summed E-state index contributed by atoms with van der Waals surface area (Å²) in [6.45, 7) is 1.69. The minimum Gasteiger partial charge on any atom is -0.496 e. The Bertz CT molecular complexity index is 610. The van der Waals surface area contributed by atoms with E-state index in [4.69, 9.17) is 9.84 Å². The Labute approximate surface area is 111 Å². The lowest BCUT2D eigenvalue weighted by Crippen LogP contribution is -2.02. The highest BCUT2D eigenvalue weighted by Crippen LogP contribution is 2.27. The van der Waals surface area contributed by atoms with Gasteiger partial charge in [0.1, 0.15) is 11.6 Å². The van der Waals surface area contributed by atoms with Gasteiger partial charge in [0.2, 0.25) is 0 Å². The number of ether oxygens (including phenoxy) is 1. The molecule has 0 unspecified atom stereocenters. The molecule has 6 nitrogen and oxygen atoms in total. The fourth-order valence-electron chi connectivity index (χ4n) is 1.51. The summed E-state index contributed by atoms with van der Waals surface area (Å²) < 4.78 is 7.35. The summed E-state index contributed by atoms with van der Waals surface area (Å²) in [5.41, 5.74) is 0.708. The van der Waals surface area contributed by atoms with E-state index in [1.54, 1.807) is 32.2 Å². The summed E-state index contributed by atoms with van der Waals surface area (Å²) in [5.74, 6) is -0.177. The van der Waals surface area contributed by atoms with E-state index in [1.807, 2.05) is 0 Å². The summed E-state index contributed by atoms with van der Waals surface area (Å²) in [6.07, 6.45) is 0. The fourth-order valence-corrected chi connectivity index (χ4v) is 2.04. The maximum absolute atomic E-state index is 10.8. The Morgan fingerprint density at radius 1 is 1.50 bits per heavy atom. The zero-order chi connectivity index (χ0) is 13.3. The van der Waals surface area contributed by atoms with Crippen molar-refractivity contribution in [1.29, 1.82) is 0 Å². The Morgan fingerprint density at radius 2 is 2.22 bits per heavy atom. The predicted octanol–water partition coefficient (Wildman–Crippen LogP) is 2.05. The van der Waals surface area contributed by atoms with Gasteiger partial charge in [-0.25, -0.2) is 14.5 Å². The van der Waals surface area contributed by atoms with Crippen molar-refractivity contribution >= 4 is 21.9 Å². The Balaban J connectivity index is 2.48. The van der Waals surface area contributed by atoms with E-state index in [9.17, 15) is 4.79 Å². The van der Waals surface area contributed by atoms with Crippen molar-refractivity contribution < 1.29 is 14.6 Å². The molecule has 7 heteroatoms. The van der Waals surface area contributed by atoms with Gasteiger partial charge in [0, 0.05) is 0 Å². The first kappa shape index (κ1) is 12.6. The van der Waals surface area contributed by atoms with Crippen LogP contribution in [0.15, 0.2) is 22.7 Å². The molecular weight excluding hydrogens is 302 g/mol. The van der Waals surface area contributed by atoms with Gasteiger partial charge in [-0.3, -0.25) is 0 Å². The van der Waals surface area contributed by atoms with Gasteiger partial charge in [-0.1, -0.05) is 0 Å². The van der Waals surface area contributed by atoms with Crippen LogP contribution in [0.3, 0.4) is 0 Å². The number of aryl methyl sites for hydroxylation is 1. The van der Waals surface area contributed by atoms with Crippen LogP contribution in [0.1, 0.15) is 16.4 Å². The van der Waals surface area contributed by atoms with Gasteiger partial charge in [-0.15, -0.1) is 5.10 Å². The lowest BCUT2D eigenvalue weighted by atomic mass is 10.3. The predicted molar refractivity (Wildman–Crippen MR) is 67.3 cm³/mol. The molecule has 0 saturated carbocycles. The highest BCUT2D eigenvalue weighted by atomic mass is 79.9. The topological polar surface area (TPSA) is 77.2 Å². The molecule has 0 fully saturated rings. The van der Waals surface area contributed by atoms with Crippen molar-refractivity contribution in [3.05, 3.63) is 34.3 Å². The molecule has 0 spiro atoms. The highest BCUT2D eigenvalue weighted by molar-refractivity contribution is 9.10. The van der Waals surface area contributed by atoms with Crippen molar-refractivity contribution in [2.75, 3.05) is 7.11 Å². The molecule has 0 saturated heterocycles. The van der Waals surface area contributed by atoms with Crippen LogP contribution in [-0.2, 0) is 0 Å². The molecule has 0 amide bonds. The molecule has 0 aliphatic carbocycles. The average molecular weight is 312 g/mol. The minimum absolute atomic E-state index is 0.223. The molecule has 1 heterocycles. The van der Waals surface area contributed by atoms with Gasteiger partial charge >= 0.3 is 5.97 Å². The Hall–Kier alpha value is -1.89. The number of hydrogen-bond acceptors (Lipinski definition) is 4. The largest absolute Gasteiger partial charge is 0.496 e. The Morgan fingerprint density at radius 3 is 2.72 bits per heavy atom. The van der Waals surface area contributed by atoms with Gasteiger partial charge in [0.15, 0.2) is 0 Å². The SMILES string of the molecule is COc1ccc(-n2nc(C(=O)O)nc2C)cc1Br. The molecule has 94 valence electrons. The normalized spacial score (nSPS) is 10.4. The van der Waals surface area contributed by atoms with Crippen LogP contribution in [0, 0.1) is 6.92 Å². The maximum Gasteiger partial charge on any atom is 0.375 e. The van der Waals surface area contributed by atoms with E-state index in [-0.39, 0.29) is 5.82 Å². The first-order valence-corrected chi connectivity index (χ1v) is 5.83. The molecule has 18 heavy (non-hydrogen) atoms. The number of rotatable bonds is 3. The third kappa shape index (κ3) is 2.21. The van der Waals surface area contributed by atoms with Gasteiger partial charge in [-0.2, -0.15) is 0 Å². The van der Waals surface area contributed by atoms with E-state index in [0.717, 1.165) is 4.47 Å². The smallest absolute Gasteiger partial charge is 0.375 e. The molecule has 1 aromatic carbocycles. The molecule has 0 aliphatic heterocycles. The van der Waals surface area contributed by atoms with Gasteiger partial charge in [0.05, 0.1) is 17.3 Å². The number of halogens is 1. The number of carboxylic acids is 1. The van der Waals surface area contributed by atoms with Gasteiger partial charge in [0.25, 0.3) is 5.82 Å². The standard InChI is InChI=1S/C11H10BrN3O3/c1-6-13-10(11(16)17)14-15(6)7-3-4-9(18-2)8(12)5-7/h3-5H,1-2H3,(H,16,17). The second-order valence-electron chi connectivity index (χ2n) is 3.52. The van der Waals surface area contributed by atoms with E-state index in [2.05, 4.69) is 26.0 Å². The second-order valence-corrected chi connectivity index (χ2v) is 4.37. The second kappa shape index (κ2) is 4.77. The van der Waals surface area contributed by atoms with Crippen LogP contribution in [0.25, 0.3) is 5.69 Å². The zero-order valence-electron chi connectivity index (χ0n) is 9.72. The first-order valence-electron chi connectivity index (χ1n) is 5.04. The van der Waals surface area contributed by atoms with Crippen molar-refractivity contribution in [2.24, 2.45) is 0 Å². The Kier molecular flexibility index (Phi) is 3.33. The number of methoxy groups -OCH3 is 1. The number of aromatic nitrogens is 3. The summed E-state index contributed by atoms with van der Waals surface area (Å²) in [4.78, 5) is 14.7. The number of hydrogen-bond donors (Lipinski definition) is 1. The maximum atomic E-state index is 10.8. The number of aromatic carboxylic acids is 1. The monoisotopic (exact) mass is 311 g/mol. The number of nitrogens with zero attached hydrogens (tertiary/aromatic N) is 3. The van der Waals surface area contributed by atoms with E-state index in [0.29, 0.717) is 17.3 Å². The number of carbonyl (C=O) groups is 1. The molecule has 2 rings (SSSR count). The molecule has 0 radical (unpaired) electrons. The molecule has 0 atom stereocenters. The molecule has 1 aromatic heterocycles. The quantitative estimate of drug-likeness (QED) is 0.938. The molecular formula is C11H10BrN3O3. The summed E-state index contributed by atoms with van der Waals surface area (Å²) in [7, 11) is 1.57. The number of benzene rings is 1. The number of carboxylic acid groups (broad SMARTS) is 1. The van der Waals surface area contributed by atoms with E-state index >= 15 is 0 Å². The molecule has 0 bridgehead atoms. The first-order chi connectivity index (χ1) is 8.52. The van der Waals surface area contributed by atoms with Crippen molar-refractivity contribution in [3.8, 4) is 11.4 Å². The summed E-state index contributed by atoms with van der Waals surface area (Å²) >= 11 is 3.36. The third-order valence-corrected chi connectivity index (χ3v) is 2.96. The van der Waals surface area contributed by atoms with Crippen molar-refractivity contribution in [1.82, 2.24) is 14.8 Å². The van der Waals surface area contributed by atoms with Gasteiger partial charge < -0.3 is 9.84 Å². The molecule has 0 aliphatic rings. The van der Waals surface area contributed by atoms with Gasteiger partial charge in [-0.05, 0) is 41.1 Å². The lowest BCUT2D eigenvalue weighted by Gasteiger charge is -2.06. The molecule has 1 N–H and O–H groups in total. The van der Waals surface area contributed by atoms with Crippen LogP contribution in [0.2, 0.25) is 0 Å².